The largest absolute Gasteiger partial charge is 0.507 e. The molecule has 3 heterocycles. The Morgan fingerprint density at radius 2 is 2.07 bits per heavy atom. The number of aliphatic hydroxyl groups excluding tert-OH is 1. The van der Waals surface area contributed by atoms with Gasteiger partial charge in [-0.25, -0.2) is 0 Å². The molecule has 0 spiro atoms. The first-order chi connectivity index (χ1) is 14.5. The van der Waals surface area contributed by atoms with Crippen LogP contribution in [0.25, 0.3) is 5.76 Å². The van der Waals surface area contributed by atoms with E-state index < -0.39 is 17.7 Å². The van der Waals surface area contributed by atoms with Crippen molar-refractivity contribution in [3.63, 3.8) is 0 Å². The number of hydrogen-bond acceptors (Lipinski definition) is 6. The van der Waals surface area contributed by atoms with Crippen LogP contribution < -0.4 is 4.74 Å². The molecule has 1 aromatic carbocycles. The molecule has 30 heavy (non-hydrogen) atoms. The summed E-state index contributed by atoms with van der Waals surface area (Å²) in [7, 11) is 1.49. The van der Waals surface area contributed by atoms with Gasteiger partial charge in [-0.05, 0) is 41.8 Å². The molecule has 152 valence electrons. The minimum Gasteiger partial charge on any atom is -0.507 e. The molecule has 1 atom stereocenters. The highest BCUT2D eigenvalue weighted by Crippen LogP contribution is 2.42. The molecular formula is C22H17ClN2O4S. The van der Waals surface area contributed by atoms with E-state index in [0.717, 1.165) is 4.88 Å². The third kappa shape index (κ3) is 3.58. The first-order valence-electron chi connectivity index (χ1n) is 9.07. The lowest BCUT2D eigenvalue weighted by Gasteiger charge is -2.23. The van der Waals surface area contributed by atoms with Gasteiger partial charge in [0, 0.05) is 16.6 Å². The van der Waals surface area contributed by atoms with E-state index in [1.54, 1.807) is 30.5 Å². The molecule has 1 fully saturated rings. The Hall–Kier alpha value is -3.16. The third-order valence-corrected chi connectivity index (χ3v) is 6.06. The molecule has 1 aliphatic rings. The molecular weight excluding hydrogens is 424 g/mol. The van der Waals surface area contributed by atoms with Gasteiger partial charge < -0.3 is 14.7 Å². The zero-order chi connectivity index (χ0) is 21.3. The second-order valence-electron chi connectivity index (χ2n) is 6.61. The number of halogens is 1. The van der Waals surface area contributed by atoms with Gasteiger partial charge in [0.2, 0.25) is 0 Å². The van der Waals surface area contributed by atoms with Crippen molar-refractivity contribution in [2.75, 3.05) is 7.11 Å². The van der Waals surface area contributed by atoms with E-state index in [2.05, 4.69) is 4.98 Å². The standard InChI is InChI=1S/C22H17ClN2O4S/c1-29-16-8-7-13(11-15(16)23)20(26)18-19(17-6-4-10-30-17)25(22(28)21(18)27)12-14-5-2-3-9-24-14/h2-11,19,26H,12H2,1H3/b20-18-. The highest BCUT2D eigenvalue weighted by atomic mass is 35.5. The van der Waals surface area contributed by atoms with Gasteiger partial charge >= 0.3 is 0 Å². The molecule has 1 N–H and O–H groups in total. The molecule has 1 amide bonds. The van der Waals surface area contributed by atoms with Crippen LogP contribution in [-0.4, -0.2) is 33.8 Å². The molecule has 2 aromatic heterocycles. The van der Waals surface area contributed by atoms with Gasteiger partial charge in [-0.1, -0.05) is 23.7 Å². The van der Waals surface area contributed by atoms with Crippen molar-refractivity contribution in [3.8, 4) is 5.75 Å². The zero-order valence-electron chi connectivity index (χ0n) is 15.9. The number of rotatable bonds is 5. The predicted octanol–water partition coefficient (Wildman–Crippen LogP) is 4.43. The molecule has 0 aliphatic carbocycles. The maximum Gasteiger partial charge on any atom is 0.296 e. The van der Waals surface area contributed by atoms with Gasteiger partial charge in [0.15, 0.2) is 0 Å². The van der Waals surface area contributed by atoms with Gasteiger partial charge in [0.25, 0.3) is 11.7 Å². The first kappa shape index (κ1) is 20.1. The van der Waals surface area contributed by atoms with Crippen LogP contribution in [0.1, 0.15) is 22.2 Å². The van der Waals surface area contributed by atoms with E-state index >= 15 is 0 Å². The molecule has 1 unspecified atom stereocenters. The summed E-state index contributed by atoms with van der Waals surface area (Å²) in [5.74, 6) is -1.26. The maximum atomic E-state index is 13.0. The summed E-state index contributed by atoms with van der Waals surface area (Å²) in [6.45, 7) is 0.147. The van der Waals surface area contributed by atoms with Crippen LogP contribution in [0.2, 0.25) is 5.02 Å². The van der Waals surface area contributed by atoms with E-state index in [9.17, 15) is 14.7 Å². The highest BCUT2D eigenvalue weighted by molar-refractivity contribution is 7.10. The van der Waals surface area contributed by atoms with E-state index in [4.69, 9.17) is 16.3 Å². The second-order valence-corrected chi connectivity index (χ2v) is 8.00. The molecule has 8 heteroatoms. The Bertz CT molecular complexity index is 1130. The number of thiophene rings is 1. The van der Waals surface area contributed by atoms with Crippen molar-refractivity contribution < 1.29 is 19.4 Å². The van der Waals surface area contributed by atoms with Crippen molar-refractivity contribution in [1.29, 1.82) is 0 Å². The zero-order valence-corrected chi connectivity index (χ0v) is 17.5. The first-order valence-corrected chi connectivity index (χ1v) is 10.3. The van der Waals surface area contributed by atoms with E-state index in [-0.39, 0.29) is 22.9 Å². The Kier molecular flexibility index (Phi) is 5.57. The van der Waals surface area contributed by atoms with Crippen molar-refractivity contribution in [3.05, 3.63) is 86.8 Å². The quantitative estimate of drug-likeness (QED) is 0.360. The molecule has 3 aromatic rings. The SMILES string of the molecule is COc1ccc(/C(O)=C2/C(=O)C(=O)N(Cc3ccccn3)C2c2cccs2)cc1Cl. The number of methoxy groups -OCH3 is 1. The summed E-state index contributed by atoms with van der Waals surface area (Å²) in [6.07, 6.45) is 1.63. The number of ketones is 1. The number of Topliss-reactive ketones (excluding diaryl/α,β-unsaturated/α-hetero) is 1. The maximum absolute atomic E-state index is 13.0. The topological polar surface area (TPSA) is 79.7 Å². The molecule has 1 aliphatic heterocycles. The average molecular weight is 441 g/mol. The van der Waals surface area contributed by atoms with Crippen LogP contribution in [0.4, 0.5) is 0 Å². The number of benzene rings is 1. The Balaban J connectivity index is 1.83. The van der Waals surface area contributed by atoms with Crippen molar-refractivity contribution in [1.82, 2.24) is 9.88 Å². The van der Waals surface area contributed by atoms with Gasteiger partial charge in [0.05, 0.1) is 29.9 Å². The van der Waals surface area contributed by atoms with Crippen LogP contribution in [0.5, 0.6) is 5.75 Å². The van der Waals surface area contributed by atoms with E-state index in [1.807, 2.05) is 23.6 Å². The lowest BCUT2D eigenvalue weighted by Crippen LogP contribution is -2.29. The number of amides is 1. The summed E-state index contributed by atoms with van der Waals surface area (Å²) in [6, 6.07) is 13.0. The van der Waals surface area contributed by atoms with Crippen LogP contribution in [0.15, 0.2) is 65.7 Å². The van der Waals surface area contributed by atoms with Crippen LogP contribution >= 0.6 is 22.9 Å². The fourth-order valence-electron chi connectivity index (χ4n) is 3.42. The van der Waals surface area contributed by atoms with E-state index in [1.165, 1.54) is 29.4 Å². The molecule has 6 nitrogen and oxygen atoms in total. The van der Waals surface area contributed by atoms with Crippen molar-refractivity contribution in [2.24, 2.45) is 0 Å². The average Bonchev–Trinajstić information content (AvgIpc) is 3.37. The number of ether oxygens (including phenoxy) is 1. The Morgan fingerprint density at radius 3 is 2.70 bits per heavy atom. The van der Waals surface area contributed by atoms with Crippen LogP contribution in [0.3, 0.4) is 0 Å². The normalized spacial score (nSPS) is 18.1. The lowest BCUT2D eigenvalue weighted by molar-refractivity contribution is -0.140. The summed E-state index contributed by atoms with van der Waals surface area (Å²) in [5.41, 5.74) is 1.01. The molecule has 4 rings (SSSR count). The number of carbonyl (C=O) groups excluding carboxylic acids is 2. The molecule has 0 radical (unpaired) electrons. The van der Waals surface area contributed by atoms with Gasteiger partial charge in [0.1, 0.15) is 17.6 Å². The number of aliphatic hydroxyl groups is 1. The van der Waals surface area contributed by atoms with Gasteiger partial charge in [-0.3, -0.25) is 14.6 Å². The summed E-state index contributed by atoms with van der Waals surface area (Å²) < 4.78 is 5.14. The third-order valence-electron chi connectivity index (χ3n) is 4.84. The van der Waals surface area contributed by atoms with Crippen LogP contribution in [0, 0.1) is 0 Å². The fraction of sp³-hybridized carbons (Fsp3) is 0.136. The molecule has 1 saturated heterocycles. The van der Waals surface area contributed by atoms with Gasteiger partial charge in [-0.15, -0.1) is 11.3 Å². The Labute approximate surface area is 182 Å². The van der Waals surface area contributed by atoms with Crippen LogP contribution in [-0.2, 0) is 16.1 Å². The number of hydrogen-bond donors (Lipinski definition) is 1. The monoisotopic (exact) mass is 440 g/mol. The summed E-state index contributed by atoms with van der Waals surface area (Å²) >= 11 is 7.60. The number of likely N-dealkylation sites (tertiary alicyclic amines) is 1. The number of carbonyl (C=O) groups is 2. The summed E-state index contributed by atoms with van der Waals surface area (Å²) in [5, 5.41) is 13.2. The molecule has 0 saturated carbocycles. The predicted molar refractivity (Wildman–Crippen MR) is 114 cm³/mol. The minimum absolute atomic E-state index is 0.0274. The Morgan fingerprint density at radius 1 is 1.23 bits per heavy atom. The second kappa shape index (κ2) is 8.30. The molecule has 0 bridgehead atoms. The highest BCUT2D eigenvalue weighted by Gasteiger charge is 2.46. The number of pyridine rings is 1. The van der Waals surface area contributed by atoms with E-state index in [0.29, 0.717) is 17.0 Å². The number of nitrogens with zero attached hydrogens (tertiary/aromatic N) is 2. The fourth-order valence-corrected chi connectivity index (χ4v) is 4.52. The van der Waals surface area contributed by atoms with Crippen molar-refractivity contribution >= 4 is 40.4 Å². The van der Waals surface area contributed by atoms with Gasteiger partial charge in [-0.2, -0.15) is 0 Å². The number of aromatic nitrogens is 1. The van der Waals surface area contributed by atoms with Crippen molar-refractivity contribution in [2.45, 2.75) is 12.6 Å². The lowest BCUT2D eigenvalue weighted by atomic mass is 9.99. The smallest absolute Gasteiger partial charge is 0.296 e. The minimum atomic E-state index is -0.742. The summed E-state index contributed by atoms with van der Waals surface area (Å²) in [4.78, 5) is 32.3.